The average Bonchev–Trinajstić information content (AvgIpc) is 2.80. The van der Waals surface area contributed by atoms with E-state index in [4.69, 9.17) is 0 Å². The van der Waals surface area contributed by atoms with Crippen LogP contribution in [0.25, 0.3) is 0 Å². The van der Waals surface area contributed by atoms with Gasteiger partial charge in [0.25, 0.3) is 0 Å². The first-order chi connectivity index (χ1) is 6.68. The molecule has 0 aromatic carbocycles. The van der Waals surface area contributed by atoms with Crippen LogP contribution in [0.1, 0.15) is 40.5 Å². The second kappa shape index (κ2) is 3.78. The van der Waals surface area contributed by atoms with Gasteiger partial charge in [-0.1, -0.05) is 20.8 Å². The Morgan fingerprint density at radius 2 is 1.80 bits per heavy atom. The number of carbonyl (C=O) groups is 1. The fourth-order valence-corrected chi connectivity index (χ4v) is 2.17. The SMILES string of the molecule is CN(CC(C)(C)C)C(C)(C(=O)O)C1CC1. The highest BCUT2D eigenvalue weighted by Gasteiger charge is 2.50. The van der Waals surface area contributed by atoms with E-state index in [-0.39, 0.29) is 5.41 Å². The molecule has 0 aliphatic heterocycles. The molecule has 1 unspecified atom stereocenters. The van der Waals surface area contributed by atoms with Crippen LogP contribution in [0.5, 0.6) is 0 Å². The van der Waals surface area contributed by atoms with Gasteiger partial charge in [0, 0.05) is 6.54 Å². The highest BCUT2D eigenvalue weighted by molar-refractivity contribution is 5.79. The molecule has 0 spiro atoms. The summed E-state index contributed by atoms with van der Waals surface area (Å²) in [5.74, 6) is -0.348. The van der Waals surface area contributed by atoms with Crippen LogP contribution >= 0.6 is 0 Å². The number of aliphatic carboxylic acids is 1. The van der Waals surface area contributed by atoms with Crippen LogP contribution in [0.4, 0.5) is 0 Å². The van der Waals surface area contributed by atoms with Crippen LogP contribution in [0, 0.1) is 11.3 Å². The monoisotopic (exact) mass is 213 g/mol. The van der Waals surface area contributed by atoms with Crippen molar-refractivity contribution in [2.24, 2.45) is 11.3 Å². The molecule has 0 aromatic heterocycles. The maximum absolute atomic E-state index is 11.4. The van der Waals surface area contributed by atoms with Crippen LogP contribution in [0.2, 0.25) is 0 Å². The van der Waals surface area contributed by atoms with E-state index < -0.39 is 11.5 Å². The summed E-state index contributed by atoms with van der Waals surface area (Å²) in [5.41, 5.74) is -0.534. The number of carboxylic acid groups (broad SMARTS) is 1. The second-order valence-corrected chi connectivity index (χ2v) is 6.14. The molecule has 0 amide bonds. The lowest BCUT2D eigenvalue weighted by atomic mass is 9.89. The van der Waals surface area contributed by atoms with Gasteiger partial charge in [-0.25, -0.2) is 0 Å². The van der Waals surface area contributed by atoms with Crippen LogP contribution in [0.3, 0.4) is 0 Å². The van der Waals surface area contributed by atoms with Crippen molar-refractivity contribution in [2.45, 2.75) is 46.1 Å². The number of nitrogens with zero attached hydrogens (tertiary/aromatic N) is 1. The second-order valence-electron chi connectivity index (χ2n) is 6.14. The molecule has 1 aliphatic carbocycles. The lowest BCUT2D eigenvalue weighted by molar-refractivity contribution is -0.152. The summed E-state index contributed by atoms with van der Waals surface area (Å²) < 4.78 is 0. The van der Waals surface area contributed by atoms with Crippen LogP contribution in [-0.4, -0.2) is 35.1 Å². The van der Waals surface area contributed by atoms with E-state index in [9.17, 15) is 9.90 Å². The predicted octanol–water partition coefficient (Wildman–Crippen LogP) is 2.22. The minimum atomic E-state index is -0.684. The van der Waals surface area contributed by atoms with E-state index in [1.165, 1.54) is 0 Å². The quantitative estimate of drug-likeness (QED) is 0.778. The Labute approximate surface area is 92.5 Å². The fourth-order valence-electron chi connectivity index (χ4n) is 2.17. The molecule has 0 aromatic rings. The van der Waals surface area contributed by atoms with E-state index in [1.807, 2.05) is 18.9 Å². The Morgan fingerprint density at radius 1 is 1.33 bits per heavy atom. The van der Waals surface area contributed by atoms with Crippen LogP contribution < -0.4 is 0 Å². The van der Waals surface area contributed by atoms with E-state index in [1.54, 1.807) is 0 Å². The van der Waals surface area contributed by atoms with Crippen molar-refractivity contribution >= 4 is 5.97 Å². The predicted molar refractivity (Wildman–Crippen MR) is 60.8 cm³/mol. The van der Waals surface area contributed by atoms with Gasteiger partial charge in [0.15, 0.2) is 0 Å². The number of hydrogen-bond donors (Lipinski definition) is 1. The van der Waals surface area contributed by atoms with Crippen LogP contribution in [0.15, 0.2) is 0 Å². The van der Waals surface area contributed by atoms with Crippen molar-refractivity contribution in [3.05, 3.63) is 0 Å². The van der Waals surface area contributed by atoms with E-state index in [0.29, 0.717) is 5.92 Å². The summed E-state index contributed by atoms with van der Waals surface area (Å²) in [6.07, 6.45) is 2.11. The van der Waals surface area contributed by atoms with E-state index in [0.717, 1.165) is 19.4 Å². The molecule has 1 atom stereocenters. The Balaban J connectivity index is 2.76. The number of carboxylic acids is 1. The van der Waals surface area contributed by atoms with Gasteiger partial charge in [0.1, 0.15) is 5.54 Å². The molecule has 88 valence electrons. The zero-order chi connectivity index (χ0) is 11.9. The normalized spacial score (nSPS) is 21.5. The average molecular weight is 213 g/mol. The Kier molecular flexibility index (Phi) is 3.15. The summed E-state index contributed by atoms with van der Waals surface area (Å²) in [5, 5.41) is 9.37. The number of likely N-dealkylation sites (N-methyl/N-ethyl adjacent to an activating group) is 1. The molecular formula is C12H23NO2. The molecule has 0 bridgehead atoms. The van der Waals surface area contributed by atoms with Crippen molar-refractivity contribution in [1.82, 2.24) is 4.90 Å². The van der Waals surface area contributed by atoms with Gasteiger partial charge in [-0.3, -0.25) is 9.69 Å². The third-order valence-corrected chi connectivity index (χ3v) is 3.31. The highest BCUT2D eigenvalue weighted by Crippen LogP contribution is 2.43. The molecular weight excluding hydrogens is 190 g/mol. The van der Waals surface area contributed by atoms with Crippen molar-refractivity contribution in [1.29, 1.82) is 0 Å². The molecule has 15 heavy (non-hydrogen) atoms. The minimum absolute atomic E-state index is 0.139. The van der Waals surface area contributed by atoms with Gasteiger partial charge < -0.3 is 5.11 Å². The molecule has 1 aliphatic rings. The minimum Gasteiger partial charge on any atom is -0.480 e. The van der Waals surface area contributed by atoms with Gasteiger partial charge >= 0.3 is 5.97 Å². The van der Waals surface area contributed by atoms with Gasteiger partial charge in [-0.05, 0) is 38.1 Å². The van der Waals surface area contributed by atoms with Gasteiger partial charge in [0.05, 0.1) is 0 Å². The summed E-state index contributed by atoms with van der Waals surface area (Å²) in [7, 11) is 1.93. The van der Waals surface area contributed by atoms with Crippen molar-refractivity contribution < 1.29 is 9.90 Å². The van der Waals surface area contributed by atoms with Crippen molar-refractivity contribution in [2.75, 3.05) is 13.6 Å². The first kappa shape index (κ1) is 12.5. The molecule has 0 heterocycles. The Morgan fingerprint density at radius 3 is 2.07 bits per heavy atom. The Bertz CT molecular complexity index is 253. The number of rotatable bonds is 4. The molecule has 1 fully saturated rings. The summed E-state index contributed by atoms with van der Waals surface area (Å²) >= 11 is 0. The first-order valence-electron chi connectivity index (χ1n) is 5.62. The van der Waals surface area contributed by atoms with Gasteiger partial charge in [0.2, 0.25) is 0 Å². The third kappa shape index (κ3) is 2.71. The third-order valence-electron chi connectivity index (χ3n) is 3.31. The highest BCUT2D eigenvalue weighted by atomic mass is 16.4. The topological polar surface area (TPSA) is 40.5 Å². The zero-order valence-electron chi connectivity index (χ0n) is 10.5. The van der Waals surface area contributed by atoms with E-state index in [2.05, 4.69) is 20.8 Å². The maximum Gasteiger partial charge on any atom is 0.324 e. The fraction of sp³-hybridized carbons (Fsp3) is 0.917. The summed E-state index contributed by atoms with van der Waals surface area (Å²) in [6.45, 7) is 9.08. The molecule has 3 heteroatoms. The van der Waals surface area contributed by atoms with Crippen LogP contribution in [-0.2, 0) is 4.79 Å². The molecule has 0 saturated heterocycles. The molecule has 0 radical (unpaired) electrons. The molecule has 3 nitrogen and oxygen atoms in total. The smallest absolute Gasteiger partial charge is 0.324 e. The first-order valence-corrected chi connectivity index (χ1v) is 5.62. The number of hydrogen-bond acceptors (Lipinski definition) is 2. The van der Waals surface area contributed by atoms with Crippen molar-refractivity contribution in [3.63, 3.8) is 0 Å². The maximum atomic E-state index is 11.4. The molecule has 1 rings (SSSR count). The molecule has 1 saturated carbocycles. The standard InChI is InChI=1S/C12H23NO2/c1-11(2,3)8-13(5)12(4,10(14)15)9-6-7-9/h9H,6-8H2,1-5H3,(H,14,15). The van der Waals surface area contributed by atoms with E-state index >= 15 is 0 Å². The largest absolute Gasteiger partial charge is 0.480 e. The Hall–Kier alpha value is -0.570. The molecule has 1 N–H and O–H groups in total. The zero-order valence-corrected chi connectivity index (χ0v) is 10.5. The van der Waals surface area contributed by atoms with Gasteiger partial charge in [-0.2, -0.15) is 0 Å². The summed E-state index contributed by atoms with van der Waals surface area (Å²) in [6, 6.07) is 0. The van der Waals surface area contributed by atoms with Gasteiger partial charge in [-0.15, -0.1) is 0 Å². The lowest BCUT2D eigenvalue weighted by Crippen LogP contribution is -2.54. The summed E-state index contributed by atoms with van der Waals surface area (Å²) in [4.78, 5) is 13.4. The van der Waals surface area contributed by atoms with Crippen molar-refractivity contribution in [3.8, 4) is 0 Å². The lowest BCUT2D eigenvalue weighted by Gasteiger charge is -2.39.